The maximum Gasteiger partial charge on any atom is 0.387 e. The third-order valence-electron chi connectivity index (χ3n) is 3.58. The number of thioether (sulfide) groups is 1. The number of nitrogens with one attached hydrogen (secondary N) is 1. The highest BCUT2D eigenvalue weighted by atomic mass is 32.2. The van der Waals surface area contributed by atoms with Crippen molar-refractivity contribution in [2.45, 2.75) is 25.0 Å². The summed E-state index contributed by atoms with van der Waals surface area (Å²) in [4.78, 5) is 14.8. The number of ether oxygens (including phenoxy) is 1. The van der Waals surface area contributed by atoms with Crippen molar-refractivity contribution in [3.63, 3.8) is 0 Å². The molecule has 7 heteroatoms. The smallest absolute Gasteiger partial charge is 0.387 e. The van der Waals surface area contributed by atoms with Gasteiger partial charge in [0.1, 0.15) is 5.75 Å². The predicted octanol–water partition coefficient (Wildman–Crippen LogP) is 4.53. The first-order chi connectivity index (χ1) is 12.4. The van der Waals surface area contributed by atoms with Gasteiger partial charge < -0.3 is 15.0 Å². The van der Waals surface area contributed by atoms with Crippen LogP contribution < -0.4 is 10.1 Å². The summed E-state index contributed by atoms with van der Waals surface area (Å²) >= 11 is 1.68. The van der Waals surface area contributed by atoms with E-state index >= 15 is 0 Å². The van der Waals surface area contributed by atoms with Crippen LogP contribution in [0.4, 0.5) is 13.6 Å². The average Bonchev–Trinajstić information content (AvgIpc) is 2.61. The van der Waals surface area contributed by atoms with E-state index in [1.165, 1.54) is 22.6 Å². The summed E-state index contributed by atoms with van der Waals surface area (Å²) in [5, 5.41) is 2.86. The van der Waals surface area contributed by atoms with E-state index in [1.807, 2.05) is 6.92 Å². The highest BCUT2D eigenvalue weighted by Crippen LogP contribution is 2.18. The van der Waals surface area contributed by atoms with Crippen molar-refractivity contribution in [3.8, 4) is 5.75 Å². The van der Waals surface area contributed by atoms with E-state index in [1.54, 1.807) is 35.8 Å². The number of alkyl halides is 2. The van der Waals surface area contributed by atoms with Crippen LogP contribution in [0.1, 0.15) is 11.1 Å². The number of aryl methyl sites for hydroxylation is 1. The molecule has 0 spiro atoms. The largest absolute Gasteiger partial charge is 0.435 e. The number of nitrogens with zero attached hydrogens (tertiary/aromatic N) is 1. The van der Waals surface area contributed by atoms with Crippen molar-refractivity contribution in [1.82, 2.24) is 10.2 Å². The fourth-order valence-corrected chi connectivity index (χ4v) is 2.99. The van der Waals surface area contributed by atoms with Gasteiger partial charge in [0.05, 0.1) is 0 Å². The summed E-state index contributed by atoms with van der Waals surface area (Å²) in [5.41, 5.74) is 2.05. The van der Waals surface area contributed by atoms with Crippen LogP contribution in [-0.2, 0) is 6.54 Å². The van der Waals surface area contributed by atoms with Gasteiger partial charge in [0.15, 0.2) is 0 Å². The third kappa shape index (κ3) is 6.92. The Bertz CT molecular complexity index is 694. The van der Waals surface area contributed by atoms with Crippen molar-refractivity contribution in [2.24, 2.45) is 0 Å². The molecule has 26 heavy (non-hydrogen) atoms. The normalized spacial score (nSPS) is 10.7. The van der Waals surface area contributed by atoms with Gasteiger partial charge in [-0.1, -0.05) is 29.8 Å². The van der Waals surface area contributed by atoms with Gasteiger partial charge in [-0.15, -0.1) is 11.8 Å². The molecule has 2 aromatic carbocycles. The van der Waals surface area contributed by atoms with E-state index in [0.717, 1.165) is 11.3 Å². The molecule has 0 aliphatic heterocycles. The first kappa shape index (κ1) is 20.0. The minimum absolute atomic E-state index is 0.101. The Kier molecular flexibility index (Phi) is 7.72. The van der Waals surface area contributed by atoms with Gasteiger partial charge in [0, 0.05) is 30.8 Å². The quantitative estimate of drug-likeness (QED) is 0.540. The average molecular weight is 380 g/mol. The lowest BCUT2D eigenvalue weighted by molar-refractivity contribution is -0.0498. The standard InChI is InChI=1S/C19H22F2N2O2S/c1-14-3-9-17(10-4-14)26-12-11-22-19(24)23(2)13-15-5-7-16(8-6-15)25-18(20)21/h3-10,18H,11-13H2,1-2H3,(H,22,24). The van der Waals surface area contributed by atoms with Gasteiger partial charge in [0.2, 0.25) is 0 Å². The topological polar surface area (TPSA) is 41.6 Å². The van der Waals surface area contributed by atoms with Crippen LogP contribution in [0.25, 0.3) is 0 Å². The molecule has 0 aromatic heterocycles. The van der Waals surface area contributed by atoms with Crippen molar-refractivity contribution in [2.75, 3.05) is 19.3 Å². The van der Waals surface area contributed by atoms with Gasteiger partial charge in [0.25, 0.3) is 0 Å². The van der Waals surface area contributed by atoms with E-state index in [4.69, 9.17) is 0 Å². The van der Waals surface area contributed by atoms with Crippen LogP contribution >= 0.6 is 11.8 Å². The summed E-state index contributed by atoms with van der Waals surface area (Å²) in [6.45, 7) is 0.144. The number of benzene rings is 2. The molecular formula is C19H22F2N2O2S. The first-order valence-corrected chi connectivity index (χ1v) is 9.15. The number of rotatable bonds is 8. The number of hydrogen-bond acceptors (Lipinski definition) is 3. The number of urea groups is 1. The molecule has 0 fully saturated rings. The van der Waals surface area contributed by atoms with Crippen LogP contribution in [0, 0.1) is 6.92 Å². The second kappa shape index (κ2) is 10.0. The zero-order chi connectivity index (χ0) is 18.9. The Morgan fingerprint density at radius 2 is 1.81 bits per heavy atom. The Balaban J connectivity index is 1.70. The van der Waals surface area contributed by atoms with Crippen LogP contribution in [0.15, 0.2) is 53.4 Å². The Morgan fingerprint density at radius 3 is 2.42 bits per heavy atom. The number of halogens is 2. The second-order valence-corrected chi connectivity index (χ2v) is 6.94. The maximum atomic E-state index is 12.1. The van der Waals surface area contributed by atoms with E-state index in [9.17, 15) is 13.6 Å². The van der Waals surface area contributed by atoms with Gasteiger partial charge in [-0.3, -0.25) is 0 Å². The number of amides is 2. The second-order valence-electron chi connectivity index (χ2n) is 5.77. The highest BCUT2D eigenvalue weighted by molar-refractivity contribution is 7.99. The minimum Gasteiger partial charge on any atom is -0.435 e. The third-order valence-corrected chi connectivity index (χ3v) is 4.60. The first-order valence-electron chi connectivity index (χ1n) is 8.16. The van der Waals surface area contributed by atoms with Crippen LogP contribution in [0.2, 0.25) is 0 Å². The lowest BCUT2D eigenvalue weighted by Crippen LogP contribution is -2.37. The predicted molar refractivity (Wildman–Crippen MR) is 99.8 cm³/mol. The van der Waals surface area contributed by atoms with Crippen molar-refractivity contribution >= 4 is 17.8 Å². The number of carbonyl (C=O) groups is 1. The van der Waals surface area contributed by atoms with Gasteiger partial charge in [-0.2, -0.15) is 8.78 Å². The molecule has 0 unspecified atom stereocenters. The van der Waals surface area contributed by atoms with E-state index in [-0.39, 0.29) is 11.8 Å². The Hall–Kier alpha value is -2.28. The molecule has 140 valence electrons. The van der Waals surface area contributed by atoms with Crippen molar-refractivity contribution in [1.29, 1.82) is 0 Å². The fraction of sp³-hybridized carbons (Fsp3) is 0.316. The van der Waals surface area contributed by atoms with Crippen molar-refractivity contribution in [3.05, 3.63) is 59.7 Å². The summed E-state index contributed by atoms with van der Waals surface area (Å²) in [6.07, 6.45) is 0. The Morgan fingerprint density at radius 1 is 1.15 bits per heavy atom. The molecule has 0 saturated carbocycles. The zero-order valence-corrected chi connectivity index (χ0v) is 15.6. The lowest BCUT2D eigenvalue weighted by atomic mass is 10.2. The molecule has 0 bridgehead atoms. The zero-order valence-electron chi connectivity index (χ0n) is 14.7. The molecule has 4 nitrogen and oxygen atoms in total. The molecule has 2 amide bonds. The van der Waals surface area contributed by atoms with Crippen molar-refractivity contribution < 1.29 is 18.3 Å². The molecule has 0 atom stereocenters. The molecule has 2 aromatic rings. The highest BCUT2D eigenvalue weighted by Gasteiger charge is 2.09. The van der Waals surface area contributed by atoms with Gasteiger partial charge >= 0.3 is 12.6 Å². The van der Waals surface area contributed by atoms with Crippen LogP contribution in [-0.4, -0.2) is 36.9 Å². The van der Waals surface area contributed by atoms with E-state index in [2.05, 4.69) is 34.3 Å². The summed E-state index contributed by atoms with van der Waals surface area (Å²) in [6, 6.07) is 14.3. The van der Waals surface area contributed by atoms with E-state index in [0.29, 0.717) is 13.1 Å². The molecule has 0 heterocycles. The van der Waals surface area contributed by atoms with Gasteiger partial charge in [-0.25, -0.2) is 4.79 Å². The molecule has 2 rings (SSSR count). The maximum absolute atomic E-state index is 12.1. The number of hydrogen-bond donors (Lipinski definition) is 1. The fourth-order valence-electron chi connectivity index (χ4n) is 2.22. The summed E-state index contributed by atoms with van der Waals surface area (Å²) in [7, 11) is 1.69. The Labute approximate surface area is 156 Å². The number of carbonyl (C=O) groups excluding carboxylic acids is 1. The minimum atomic E-state index is -2.84. The monoisotopic (exact) mass is 380 g/mol. The SMILES string of the molecule is Cc1ccc(SCCNC(=O)N(C)Cc2ccc(OC(F)F)cc2)cc1. The molecule has 1 N–H and O–H groups in total. The molecule has 0 aliphatic rings. The van der Waals surface area contributed by atoms with Crippen LogP contribution in [0.5, 0.6) is 5.75 Å². The molecular weight excluding hydrogens is 358 g/mol. The van der Waals surface area contributed by atoms with Gasteiger partial charge in [-0.05, 0) is 36.8 Å². The lowest BCUT2D eigenvalue weighted by Gasteiger charge is -2.18. The summed E-state index contributed by atoms with van der Waals surface area (Å²) < 4.78 is 28.6. The molecule has 0 radical (unpaired) electrons. The van der Waals surface area contributed by atoms with E-state index < -0.39 is 6.61 Å². The van der Waals surface area contributed by atoms with Crippen LogP contribution in [0.3, 0.4) is 0 Å². The molecule has 0 saturated heterocycles. The summed E-state index contributed by atoms with van der Waals surface area (Å²) in [5.74, 6) is 0.881. The molecule has 0 aliphatic carbocycles.